The molecule has 100 valence electrons. The molecule has 1 rings (SSSR count). The summed E-state index contributed by atoms with van der Waals surface area (Å²) in [5, 5.41) is 3.46. The lowest BCUT2D eigenvalue weighted by Gasteiger charge is -2.24. The number of nitrogens with zero attached hydrogens (tertiary/aromatic N) is 1. The second-order valence-corrected chi connectivity index (χ2v) is 4.88. The van der Waals surface area contributed by atoms with E-state index in [-0.39, 0.29) is 11.9 Å². The van der Waals surface area contributed by atoms with Crippen molar-refractivity contribution in [3.63, 3.8) is 0 Å². The quantitative estimate of drug-likeness (QED) is 0.807. The SMILES string of the molecule is CCN(CC(=O)NC(C)C)c1ccc(Cl)cc1N. The zero-order valence-corrected chi connectivity index (χ0v) is 11.8. The number of carbonyl (C=O) groups is 1. The first-order chi connectivity index (χ1) is 8.43. The van der Waals surface area contributed by atoms with Crippen LogP contribution < -0.4 is 16.0 Å². The van der Waals surface area contributed by atoms with Crippen molar-refractivity contribution in [3.8, 4) is 0 Å². The summed E-state index contributed by atoms with van der Waals surface area (Å²) in [5.74, 6) is -0.0128. The summed E-state index contributed by atoms with van der Waals surface area (Å²) in [6.45, 7) is 6.85. The molecule has 0 bridgehead atoms. The normalized spacial score (nSPS) is 10.5. The number of nitrogens with one attached hydrogen (secondary N) is 1. The third-order valence-electron chi connectivity index (χ3n) is 2.50. The van der Waals surface area contributed by atoms with Crippen molar-refractivity contribution >= 4 is 28.9 Å². The van der Waals surface area contributed by atoms with Crippen molar-refractivity contribution in [1.29, 1.82) is 0 Å². The lowest BCUT2D eigenvalue weighted by Crippen LogP contribution is -2.40. The zero-order chi connectivity index (χ0) is 13.7. The summed E-state index contributed by atoms with van der Waals surface area (Å²) >= 11 is 5.86. The van der Waals surface area contributed by atoms with Crippen LogP contribution in [0.25, 0.3) is 0 Å². The van der Waals surface area contributed by atoms with Gasteiger partial charge >= 0.3 is 0 Å². The van der Waals surface area contributed by atoms with E-state index in [2.05, 4.69) is 5.32 Å². The molecule has 1 aromatic rings. The Morgan fingerprint density at radius 2 is 2.17 bits per heavy atom. The molecule has 0 radical (unpaired) electrons. The average Bonchev–Trinajstić information content (AvgIpc) is 2.25. The second-order valence-electron chi connectivity index (χ2n) is 4.44. The minimum Gasteiger partial charge on any atom is -0.397 e. The molecule has 4 nitrogen and oxygen atoms in total. The molecule has 5 heteroatoms. The van der Waals surface area contributed by atoms with Crippen LogP contribution in [0.1, 0.15) is 20.8 Å². The molecule has 0 saturated carbocycles. The van der Waals surface area contributed by atoms with Gasteiger partial charge in [-0.3, -0.25) is 4.79 Å². The summed E-state index contributed by atoms with van der Waals surface area (Å²) in [5.41, 5.74) is 7.34. The van der Waals surface area contributed by atoms with Gasteiger partial charge in [-0.25, -0.2) is 0 Å². The molecular formula is C13H20ClN3O. The summed E-state index contributed by atoms with van der Waals surface area (Å²) in [6.07, 6.45) is 0. The van der Waals surface area contributed by atoms with Crippen LogP contribution in [0.5, 0.6) is 0 Å². The molecule has 0 spiro atoms. The molecule has 1 amide bonds. The maximum absolute atomic E-state index is 11.8. The van der Waals surface area contributed by atoms with Crippen LogP contribution >= 0.6 is 11.6 Å². The molecule has 0 aliphatic rings. The van der Waals surface area contributed by atoms with Crippen molar-refractivity contribution in [2.45, 2.75) is 26.8 Å². The highest BCUT2D eigenvalue weighted by molar-refractivity contribution is 6.31. The fraction of sp³-hybridized carbons (Fsp3) is 0.462. The van der Waals surface area contributed by atoms with Gasteiger partial charge in [0.25, 0.3) is 0 Å². The number of nitrogen functional groups attached to an aromatic ring is 1. The molecule has 0 fully saturated rings. The van der Waals surface area contributed by atoms with Crippen molar-refractivity contribution in [2.24, 2.45) is 0 Å². The fourth-order valence-corrected chi connectivity index (χ4v) is 1.90. The van der Waals surface area contributed by atoms with E-state index in [0.29, 0.717) is 23.8 Å². The Morgan fingerprint density at radius 1 is 1.50 bits per heavy atom. The Kier molecular flexibility index (Phi) is 5.28. The van der Waals surface area contributed by atoms with Gasteiger partial charge in [0.2, 0.25) is 5.91 Å². The van der Waals surface area contributed by atoms with Crippen LogP contribution in [0.15, 0.2) is 18.2 Å². The highest BCUT2D eigenvalue weighted by Gasteiger charge is 2.13. The third-order valence-corrected chi connectivity index (χ3v) is 2.73. The van der Waals surface area contributed by atoms with Gasteiger partial charge in [0.05, 0.1) is 17.9 Å². The van der Waals surface area contributed by atoms with E-state index in [1.165, 1.54) is 0 Å². The molecule has 0 heterocycles. The van der Waals surface area contributed by atoms with Gasteiger partial charge < -0.3 is 16.0 Å². The Labute approximate surface area is 113 Å². The number of carbonyl (C=O) groups excluding carboxylic acids is 1. The van der Waals surface area contributed by atoms with Crippen molar-refractivity contribution in [2.75, 3.05) is 23.7 Å². The van der Waals surface area contributed by atoms with E-state index in [1.54, 1.807) is 12.1 Å². The predicted molar refractivity (Wildman–Crippen MR) is 77.0 cm³/mol. The van der Waals surface area contributed by atoms with Crippen LogP contribution in [-0.4, -0.2) is 25.0 Å². The summed E-state index contributed by atoms with van der Waals surface area (Å²) < 4.78 is 0. The number of hydrogen-bond acceptors (Lipinski definition) is 3. The van der Waals surface area contributed by atoms with Crippen molar-refractivity contribution in [3.05, 3.63) is 23.2 Å². The monoisotopic (exact) mass is 269 g/mol. The van der Waals surface area contributed by atoms with Crippen LogP contribution in [0.4, 0.5) is 11.4 Å². The maximum atomic E-state index is 11.8. The molecule has 0 aliphatic heterocycles. The van der Waals surface area contributed by atoms with Crippen LogP contribution in [-0.2, 0) is 4.79 Å². The van der Waals surface area contributed by atoms with Gasteiger partial charge in [-0.1, -0.05) is 11.6 Å². The number of halogens is 1. The number of anilines is 2. The lowest BCUT2D eigenvalue weighted by atomic mass is 10.2. The second kappa shape index (κ2) is 6.50. The predicted octanol–water partition coefficient (Wildman–Crippen LogP) is 2.27. The Balaban J connectivity index is 2.80. The van der Waals surface area contributed by atoms with E-state index in [9.17, 15) is 4.79 Å². The largest absolute Gasteiger partial charge is 0.397 e. The van der Waals surface area contributed by atoms with Gasteiger partial charge in [0, 0.05) is 17.6 Å². The highest BCUT2D eigenvalue weighted by atomic mass is 35.5. The molecule has 1 aromatic carbocycles. The van der Waals surface area contributed by atoms with E-state index >= 15 is 0 Å². The van der Waals surface area contributed by atoms with E-state index in [0.717, 1.165) is 5.69 Å². The molecule has 0 aliphatic carbocycles. The standard InChI is InChI=1S/C13H20ClN3O/c1-4-17(8-13(18)16-9(2)3)12-6-5-10(14)7-11(12)15/h5-7,9H,4,8,15H2,1-3H3,(H,16,18). The topological polar surface area (TPSA) is 58.4 Å². The first-order valence-electron chi connectivity index (χ1n) is 6.03. The average molecular weight is 270 g/mol. The van der Waals surface area contributed by atoms with Crippen molar-refractivity contribution in [1.82, 2.24) is 5.32 Å². The number of likely N-dealkylation sites (N-methyl/N-ethyl adjacent to an activating group) is 1. The molecule has 0 aromatic heterocycles. The number of rotatable bonds is 5. The number of hydrogen-bond donors (Lipinski definition) is 2. The van der Waals surface area contributed by atoms with Gasteiger partial charge in [-0.15, -0.1) is 0 Å². The molecule has 0 atom stereocenters. The summed E-state index contributed by atoms with van der Waals surface area (Å²) in [6, 6.07) is 5.44. The molecule has 0 unspecified atom stereocenters. The van der Waals surface area contributed by atoms with Gasteiger partial charge in [-0.2, -0.15) is 0 Å². The molecule has 3 N–H and O–H groups in total. The van der Waals surface area contributed by atoms with E-state index in [4.69, 9.17) is 17.3 Å². The Hall–Kier alpha value is -1.42. The number of nitrogens with two attached hydrogens (primary N) is 1. The maximum Gasteiger partial charge on any atom is 0.239 e. The first-order valence-corrected chi connectivity index (χ1v) is 6.41. The van der Waals surface area contributed by atoms with E-state index in [1.807, 2.05) is 31.7 Å². The van der Waals surface area contributed by atoms with Gasteiger partial charge in [0.1, 0.15) is 0 Å². The van der Waals surface area contributed by atoms with Crippen LogP contribution in [0.2, 0.25) is 5.02 Å². The minimum atomic E-state index is -0.0128. The Bertz CT molecular complexity index is 421. The van der Waals surface area contributed by atoms with Crippen molar-refractivity contribution < 1.29 is 4.79 Å². The minimum absolute atomic E-state index is 0.0128. The highest BCUT2D eigenvalue weighted by Crippen LogP contribution is 2.26. The lowest BCUT2D eigenvalue weighted by molar-refractivity contribution is -0.120. The smallest absolute Gasteiger partial charge is 0.239 e. The van der Waals surface area contributed by atoms with E-state index < -0.39 is 0 Å². The Morgan fingerprint density at radius 3 is 2.67 bits per heavy atom. The molecule has 0 saturated heterocycles. The fourth-order valence-electron chi connectivity index (χ4n) is 1.72. The number of benzene rings is 1. The van der Waals surface area contributed by atoms with Crippen LogP contribution in [0.3, 0.4) is 0 Å². The molecule has 18 heavy (non-hydrogen) atoms. The first kappa shape index (κ1) is 14.6. The molecular weight excluding hydrogens is 250 g/mol. The number of amides is 1. The third kappa shape index (κ3) is 4.11. The van der Waals surface area contributed by atoms with Gasteiger partial charge in [-0.05, 0) is 39.0 Å². The zero-order valence-electron chi connectivity index (χ0n) is 11.0. The summed E-state index contributed by atoms with van der Waals surface area (Å²) in [4.78, 5) is 13.7. The summed E-state index contributed by atoms with van der Waals surface area (Å²) in [7, 11) is 0. The van der Waals surface area contributed by atoms with Crippen LogP contribution in [0, 0.1) is 0 Å². The van der Waals surface area contributed by atoms with Gasteiger partial charge in [0.15, 0.2) is 0 Å².